The monoisotopic (exact) mass is 329 g/mol. The van der Waals surface area contributed by atoms with Crippen LogP contribution in [-0.2, 0) is 13.0 Å². The van der Waals surface area contributed by atoms with Gasteiger partial charge in [-0.05, 0) is 49.4 Å². The van der Waals surface area contributed by atoms with Crippen LogP contribution in [0.3, 0.4) is 0 Å². The van der Waals surface area contributed by atoms with Gasteiger partial charge in [0.2, 0.25) is 0 Å². The number of aryl methyl sites for hydroxylation is 1. The third-order valence-corrected chi connectivity index (χ3v) is 3.99. The van der Waals surface area contributed by atoms with E-state index in [4.69, 9.17) is 27.1 Å². The van der Waals surface area contributed by atoms with Gasteiger partial charge in [-0.1, -0.05) is 23.7 Å². The van der Waals surface area contributed by atoms with Gasteiger partial charge in [0.25, 0.3) is 0 Å². The number of hydrogen-bond acceptors (Lipinski definition) is 3. The molecule has 0 radical (unpaired) electrons. The Balaban J connectivity index is 1.73. The van der Waals surface area contributed by atoms with Crippen LogP contribution in [0.15, 0.2) is 48.5 Å². The molecule has 120 valence electrons. The minimum atomic E-state index is 0.581. The molecule has 0 bridgehead atoms. The Morgan fingerprint density at radius 1 is 1.09 bits per heavy atom. The maximum absolute atomic E-state index is 5.88. The number of nitrogens with two attached hydrogens (primary N) is 1. The summed E-state index contributed by atoms with van der Waals surface area (Å²) >= 11 is 5.88. The van der Waals surface area contributed by atoms with Gasteiger partial charge in [-0.3, -0.25) is 0 Å². The van der Waals surface area contributed by atoms with E-state index in [2.05, 4.69) is 10.6 Å². The fourth-order valence-corrected chi connectivity index (χ4v) is 2.74. The summed E-state index contributed by atoms with van der Waals surface area (Å²) in [6, 6.07) is 15.6. The first-order valence-electron chi connectivity index (χ1n) is 7.80. The Labute approximate surface area is 140 Å². The highest BCUT2D eigenvalue weighted by Gasteiger charge is 2.10. The van der Waals surface area contributed by atoms with Gasteiger partial charge in [0.1, 0.15) is 18.2 Å². The van der Waals surface area contributed by atoms with Gasteiger partial charge < -0.3 is 15.0 Å². The van der Waals surface area contributed by atoms with Crippen molar-refractivity contribution in [3.63, 3.8) is 0 Å². The SMILES string of the molecule is NCCCc1nc2ccccc2n1CCOc1ccc(Cl)cc1. The fraction of sp³-hybridized carbons (Fsp3) is 0.278. The van der Waals surface area contributed by atoms with Crippen molar-refractivity contribution in [1.29, 1.82) is 0 Å². The zero-order chi connectivity index (χ0) is 16.1. The van der Waals surface area contributed by atoms with E-state index in [-0.39, 0.29) is 0 Å². The van der Waals surface area contributed by atoms with Crippen LogP contribution in [0.1, 0.15) is 12.2 Å². The van der Waals surface area contributed by atoms with E-state index in [9.17, 15) is 0 Å². The van der Waals surface area contributed by atoms with Gasteiger partial charge in [0.05, 0.1) is 17.6 Å². The average molecular weight is 330 g/mol. The summed E-state index contributed by atoms with van der Waals surface area (Å²) in [6.45, 7) is 2.01. The van der Waals surface area contributed by atoms with E-state index in [1.54, 1.807) is 0 Å². The summed E-state index contributed by atoms with van der Waals surface area (Å²) in [6.07, 6.45) is 1.81. The van der Waals surface area contributed by atoms with Crippen LogP contribution in [0.2, 0.25) is 5.02 Å². The van der Waals surface area contributed by atoms with Crippen molar-refractivity contribution < 1.29 is 4.74 Å². The smallest absolute Gasteiger partial charge is 0.119 e. The number of benzene rings is 2. The normalized spacial score (nSPS) is 11.0. The first kappa shape index (κ1) is 15.8. The molecule has 0 saturated heterocycles. The first-order valence-corrected chi connectivity index (χ1v) is 8.18. The second-order valence-electron chi connectivity index (χ2n) is 5.36. The molecule has 1 heterocycles. The van der Waals surface area contributed by atoms with Crippen molar-refractivity contribution in [2.45, 2.75) is 19.4 Å². The van der Waals surface area contributed by atoms with Crippen LogP contribution < -0.4 is 10.5 Å². The van der Waals surface area contributed by atoms with Crippen LogP contribution in [0, 0.1) is 0 Å². The van der Waals surface area contributed by atoms with Crippen LogP contribution in [-0.4, -0.2) is 22.7 Å². The molecule has 0 amide bonds. The molecule has 0 unspecified atom stereocenters. The lowest BCUT2D eigenvalue weighted by Crippen LogP contribution is -2.12. The lowest BCUT2D eigenvalue weighted by atomic mass is 10.3. The molecule has 0 atom stereocenters. The quantitative estimate of drug-likeness (QED) is 0.719. The molecular formula is C18H20ClN3O. The molecule has 2 N–H and O–H groups in total. The van der Waals surface area contributed by atoms with Crippen molar-refractivity contribution in [1.82, 2.24) is 9.55 Å². The number of fused-ring (bicyclic) bond motifs is 1. The zero-order valence-electron chi connectivity index (χ0n) is 12.9. The third-order valence-electron chi connectivity index (χ3n) is 3.74. The van der Waals surface area contributed by atoms with Crippen LogP contribution in [0.5, 0.6) is 5.75 Å². The maximum atomic E-state index is 5.88. The standard InChI is InChI=1S/C18H20ClN3O/c19-14-7-9-15(10-8-14)23-13-12-22-17-5-2-1-4-16(17)21-18(22)6-3-11-20/h1-2,4-5,7-10H,3,6,11-13,20H2. The predicted octanol–water partition coefficient (Wildman–Crippen LogP) is 3.66. The Hall–Kier alpha value is -2.04. The summed E-state index contributed by atoms with van der Waals surface area (Å²) in [7, 11) is 0. The van der Waals surface area contributed by atoms with Crippen molar-refractivity contribution >= 4 is 22.6 Å². The summed E-state index contributed by atoms with van der Waals surface area (Å²) in [5.74, 6) is 1.89. The highest BCUT2D eigenvalue weighted by molar-refractivity contribution is 6.30. The molecular weight excluding hydrogens is 310 g/mol. The molecule has 5 heteroatoms. The largest absolute Gasteiger partial charge is 0.492 e. The summed E-state index contributed by atoms with van der Waals surface area (Å²) in [5.41, 5.74) is 7.79. The molecule has 0 saturated carbocycles. The summed E-state index contributed by atoms with van der Waals surface area (Å²) in [5, 5.41) is 0.710. The lowest BCUT2D eigenvalue weighted by molar-refractivity contribution is 0.298. The average Bonchev–Trinajstić information content (AvgIpc) is 2.93. The fourth-order valence-electron chi connectivity index (χ4n) is 2.61. The van der Waals surface area contributed by atoms with E-state index in [0.717, 1.165) is 42.0 Å². The maximum Gasteiger partial charge on any atom is 0.119 e. The number of imidazole rings is 1. The van der Waals surface area contributed by atoms with Crippen LogP contribution >= 0.6 is 11.6 Å². The van der Waals surface area contributed by atoms with Gasteiger partial charge in [-0.25, -0.2) is 4.98 Å². The van der Waals surface area contributed by atoms with Gasteiger partial charge in [0.15, 0.2) is 0 Å². The van der Waals surface area contributed by atoms with Crippen LogP contribution in [0.4, 0.5) is 0 Å². The second-order valence-corrected chi connectivity index (χ2v) is 5.80. The van der Waals surface area contributed by atoms with Crippen molar-refractivity contribution in [3.05, 3.63) is 59.4 Å². The second kappa shape index (κ2) is 7.49. The number of hydrogen-bond donors (Lipinski definition) is 1. The predicted molar refractivity (Wildman–Crippen MR) is 94.1 cm³/mol. The van der Waals surface area contributed by atoms with Crippen molar-refractivity contribution in [3.8, 4) is 5.75 Å². The highest BCUT2D eigenvalue weighted by Crippen LogP contribution is 2.18. The number of aromatic nitrogens is 2. The Kier molecular flexibility index (Phi) is 5.16. The van der Waals surface area contributed by atoms with Crippen LogP contribution in [0.25, 0.3) is 11.0 Å². The molecule has 0 aliphatic carbocycles. The zero-order valence-corrected chi connectivity index (χ0v) is 13.7. The van der Waals surface area contributed by atoms with Gasteiger partial charge in [-0.15, -0.1) is 0 Å². The van der Waals surface area contributed by atoms with E-state index >= 15 is 0 Å². The summed E-state index contributed by atoms with van der Waals surface area (Å²) in [4.78, 5) is 4.72. The molecule has 0 fully saturated rings. The molecule has 2 aromatic carbocycles. The molecule has 4 nitrogen and oxygen atoms in total. The van der Waals surface area contributed by atoms with E-state index < -0.39 is 0 Å². The van der Waals surface area contributed by atoms with Crippen molar-refractivity contribution in [2.24, 2.45) is 5.73 Å². The Bertz CT molecular complexity index is 768. The molecule has 3 aromatic rings. The summed E-state index contributed by atoms with van der Waals surface area (Å²) < 4.78 is 8.03. The molecule has 0 aliphatic heterocycles. The van der Waals surface area contributed by atoms with E-state index in [1.165, 1.54) is 0 Å². The number of nitrogens with zero attached hydrogens (tertiary/aromatic N) is 2. The molecule has 0 aliphatic rings. The van der Waals surface area contributed by atoms with Crippen molar-refractivity contribution in [2.75, 3.05) is 13.2 Å². The van der Waals surface area contributed by atoms with Gasteiger partial charge in [-0.2, -0.15) is 0 Å². The molecule has 23 heavy (non-hydrogen) atoms. The lowest BCUT2D eigenvalue weighted by Gasteiger charge is -2.11. The van der Waals surface area contributed by atoms with Gasteiger partial charge in [0, 0.05) is 11.4 Å². The molecule has 0 spiro atoms. The number of halogens is 1. The highest BCUT2D eigenvalue weighted by atomic mass is 35.5. The Morgan fingerprint density at radius 2 is 1.87 bits per heavy atom. The third kappa shape index (κ3) is 3.84. The Morgan fingerprint density at radius 3 is 2.65 bits per heavy atom. The minimum absolute atomic E-state index is 0.581. The molecule has 3 rings (SSSR count). The number of ether oxygens (including phenoxy) is 1. The number of rotatable bonds is 7. The van der Waals surface area contributed by atoms with E-state index in [1.807, 2.05) is 42.5 Å². The van der Waals surface area contributed by atoms with E-state index in [0.29, 0.717) is 18.2 Å². The topological polar surface area (TPSA) is 53.1 Å². The first-order chi connectivity index (χ1) is 11.3. The molecule has 1 aromatic heterocycles. The minimum Gasteiger partial charge on any atom is -0.492 e. The van der Waals surface area contributed by atoms with Gasteiger partial charge >= 0.3 is 0 Å². The number of para-hydroxylation sites is 2.